The van der Waals surface area contributed by atoms with E-state index in [0.717, 1.165) is 18.1 Å². The summed E-state index contributed by atoms with van der Waals surface area (Å²) in [5, 5.41) is 14.8. The predicted octanol–water partition coefficient (Wildman–Crippen LogP) is 5.48. The third-order valence-corrected chi connectivity index (χ3v) is 6.29. The molecule has 38 heavy (non-hydrogen) atoms. The fraction of sp³-hybridized carbons (Fsp3) is 0.207. The lowest BCUT2D eigenvalue weighted by Gasteiger charge is -2.18. The van der Waals surface area contributed by atoms with Crippen molar-refractivity contribution in [3.05, 3.63) is 107 Å². The van der Waals surface area contributed by atoms with Gasteiger partial charge in [0.1, 0.15) is 6.04 Å². The van der Waals surface area contributed by atoms with E-state index >= 15 is 0 Å². The van der Waals surface area contributed by atoms with Gasteiger partial charge in [0, 0.05) is 34.8 Å². The van der Waals surface area contributed by atoms with Crippen LogP contribution < -0.4 is 10.6 Å². The number of carbonyl (C=O) groups excluding carboxylic acids is 2. The second-order valence-electron chi connectivity index (χ2n) is 8.92. The van der Waals surface area contributed by atoms with E-state index in [1.165, 1.54) is 12.1 Å². The summed E-state index contributed by atoms with van der Waals surface area (Å²) in [4.78, 5) is 29.0. The van der Waals surface area contributed by atoms with Crippen LogP contribution in [0, 0.1) is 11.3 Å². The van der Waals surface area contributed by atoms with Gasteiger partial charge in [-0.05, 0) is 48.7 Å². The highest BCUT2D eigenvalue weighted by Gasteiger charge is 2.37. The lowest BCUT2D eigenvalue weighted by molar-refractivity contribution is -0.149. The van der Waals surface area contributed by atoms with Crippen molar-refractivity contribution in [2.45, 2.75) is 31.6 Å². The molecule has 1 amide bonds. The molecule has 9 heteroatoms. The van der Waals surface area contributed by atoms with E-state index in [9.17, 15) is 22.8 Å². The number of rotatable bonds is 9. The number of nitrogens with one attached hydrogen (secondary N) is 3. The average Bonchev–Trinajstić information content (AvgIpc) is 3.34. The quantitative estimate of drug-likeness (QED) is 0.256. The van der Waals surface area contributed by atoms with E-state index in [1.807, 2.05) is 47.8 Å². The molecule has 1 unspecified atom stereocenters. The number of ketones is 1. The molecule has 0 radical (unpaired) electrons. The number of carbonyl (C=O) groups is 2. The summed E-state index contributed by atoms with van der Waals surface area (Å²) in [6.07, 6.45) is -2.36. The van der Waals surface area contributed by atoms with Crippen molar-refractivity contribution in [1.29, 1.82) is 5.26 Å². The van der Waals surface area contributed by atoms with Crippen LogP contribution >= 0.6 is 0 Å². The first kappa shape index (κ1) is 26.6. The highest BCUT2D eigenvalue weighted by Crippen LogP contribution is 2.26. The zero-order valence-corrected chi connectivity index (χ0v) is 20.5. The van der Waals surface area contributed by atoms with E-state index in [-0.39, 0.29) is 11.3 Å². The van der Waals surface area contributed by atoms with Gasteiger partial charge in [-0.3, -0.25) is 9.59 Å². The number of halogens is 3. The highest BCUT2D eigenvalue weighted by molar-refractivity contribution is 6.11. The molecule has 6 nitrogen and oxygen atoms in total. The van der Waals surface area contributed by atoms with Crippen LogP contribution in [0.3, 0.4) is 0 Å². The molecule has 0 saturated heterocycles. The van der Waals surface area contributed by atoms with Gasteiger partial charge in [-0.2, -0.15) is 18.4 Å². The van der Waals surface area contributed by atoms with Crippen LogP contribution in [0.15, 0.2) is 79.0 Å². The predicted molar refractivity (Wildman–Crippen MR) is 138 cm³/mol. The second kappa shape index (κ2) is 11.3. The Morgan fingerprint density at radius 2 is 1.74 bits per heavy atom. The van der Waals surface area contributed by atoms with Gasteiger partial charge in [0.25, 0.3) is 5.91 Å². The zero-order valence-electron chi connectivity index (χ0n) is 20.5. The summed E-state index contributed by atoms with van der Waals surface area (Å²) >= 11 is 0. The number of aromatic nitrogens is 1. The van der Waals surface area contributed by atoms with E-state index in [2.05, 4.69) is 16.4 Å². The first-order valence-corrected chi connectivity index (χ1v) is 12.0. The topological polar surface area (TPSA) is 97.8 Å². The van der Waals surface area contributed by atoms with Gasteiger partial charge in [-0.1, -0.05) is 48.5 Å². The number of amides is 1. The van der Waals surface area contributed by atoms with Gasteiger partial charge in [0.05, 0.1) is 17.7 Å². The Kier molecular flexibility index (Phi) is 7.93. The summed E-state index contributed by atoms with van der Waals surface area (Å²) in [5.41, 5.74) is 3.29. The van der Waals surface area contributed by atoms with Gasteiger partial charge < -0.3 is 15.6 Å². The minimum absolute atomic E-state index is 0.0506. The molecule has 0 aliphatic rings. The summed E-state index contributed by atoms with van der Waals surface area (Å²) in [5.74, 6) is -1.05. The molecule has 0 aliphatic carbocycles. The molecule has 0 bridgehead atoms. The standard InChI is InChI=1S/C29H25F3N4O2/c1-18(29(30,31)32)36-28(38)22-11-12-23-24(17-35-25(23)15-22)27(37)26(21-5-3-2-4-6-21)34-14-13-19-7-9-20(16-33)10-8-19/h2-12,15,17-18,26,34-35H,13-14H2,1H3,(H,36,38)/t18-,26?/m0/s1. The number of benzene rings is 3. The van der Waals surface area contributed by atoms with Crippen LogP contribution in [0.1, 0.15) is 50.4 Å². The molecule has 0 saturated carbocycles. The normalized spacial score (nSPS) is 13.0. The number of Topliss-reactive ketones (excluding diaryl/α,β-unsaturated/α-hetero) is 1. The summed E-state index contributed by atoms with van der Waals surface area (Å²) in [7, 11) is 0. The molecule has 4 rings (SSSR count). The molecule has 194 valence electrons. The Morgan fingerprint density at radius 3 is 2.39 bits per heavy atom. The van der Waals surface area contributed by atoms with Gasteiger partial charge in [0.15, 0.2) is 5.78 Å². The number of nitriles is 1. The van der Waals surface area contributed by atoms with Crippen molar-refractivity contribution in [1.82, 2.24) is 15.6 Å². The average molecular weight is 519 g/mol. The van der Waals surface area contributed by atoms with Gasteiger partial charge in [-0.15, -0.1) is 0 Å². The smallest absolute Gasteiger partial charge is 0.360 e. The number of alkyl halides is 3. The van der Waals surface area contributed by atoms with Crippen LogP contribution in [0.5, 0.6) is 0 Å². The first-order valence-electron chi connectivity index (χ1n) is 12.0. The highest BCUT2D eigenvalue weighted by atomic mass is 19.4. The maximum atomic E-state index is 13.7. The minimum Gasteiger partial charge on any atom is -0.360 e. The van der Waals surface area contributed by atoms with Gasteiger partial charge >= 0.3 is 6.18 Å². The van der Waals surface area contributed by atoms with Gasteiger partial charge in [0.2, 0.25) is 0 Å². The van der Waals surface area contributed by atoms with E-state index < -0.39 is 24.2 Å². The molecule has 0 aliphatic heterocycles. The lowest BCUT2D eigenvalue weighted by atomic mass is 9.96. The van der Waals surface area contributed by atoms with Crippen molar-refractivity contribution in [2.75, 3.05) is 6.54 Å². The van der Waals surface area contributed by atoms with E-state index in [4.69, 9.17) is 5.26 Å². The molecule has 3 N–H and O–H groups in total. The van der Waals surface area contributed by atoms with Crippen LogP contribution in [0.25, 0.3) is 10.9 Å². The molecule has 0 spiro atoms. The van der Waals surface area contributed by atoms with Crippen molar-refractivity contribution in [2.24, 2.45) is 0 Å². The Morgan fingerprint density at radius 1 is 1.03 bits per heavy atom. The zero-order chi connectivity index (χ0) is 27.3. The van der Waals surface area contributed by atoms with Crippen molar-refractivity contribution >= 4 is 22.6 Å². The largest absolute Gasteiger partial charge is 0.408 e. The molecule has 1 heterocycles. The molecule has 0 fully saturated rings. The number of hydrogen-bond acceptors (Lipinski definition) is 4. The van der Waals surface area contributed by atoms with Crippen molar-refractivity contribution in [3.8, 4) is 6.07 Å². The van der Waals surface area contributed by atoms with Crippen molar-refractivity contribution in [3.63, 3.8) is 0 Å². The van der Waals surface area contributed by atoms with E-state index in [1.54, 1.807) is 24.4 Å². The fourth-order valence-electron chi connectivity index (χ4n) is 4.10. The number of hydrogen-bond donors (Lipinski definition) is 3. The third kappa shape index (κ3) is 6.10. The Balaban J connectivity index is 1.54. The molecule has 4 aromatic rings. The fourth-order valence-corrected chi connectivity index (χ4v) is 4.10. The molecular weight excluding hydrogens is 493 g/mol. The SMILES string of the molecule is C[C@H](NC(=O)c1ccc2c(C(=O)C(NCCc3ccc(C#N)cc3)c3ccccc3)c[nH]c2c1)C(F)(F)F. The Hall–Kier alpha value is -4.42. The molecule has 2 atom stereocenters. The first-order chi connectivity index (χ1) is 18.2. The maximum absolute atomic E-state index is 13.7. The third-order valence-electron chi connectivity index (χ3n) is 6.29. The summed E-state index contributed by atoms with van der Waals surface area (Å²) in [6, 6.07) is 20.4. The molecule has 3 aromatic carbocycles. The molecule has 1 aromatic heterocycles. The Labute approximate surface area is 217 Å². The number of aromatic amines is 1. The minimum atomic E-state index is -4.55. The molecular formula is C29H25F3N4O2. The van der Waals surface area contributed by atoms with Crippen LogP contribution in [0.2, 0.25) is 0 Å². The maximum Gasteiger partial charge on any atom is 0.408 e. The van der Waals surface area contributed by atoms with Crippen molar-refractivity contribution < 1.29 is 22.8 Å². The van der Waals surface area contributed by atoms with Crippen LogP contribution in [-0.2, 0) is 6.42 Å². The summed E-state index contributed by atoms with van der Waals surface area (Å²) in [6.45, 7) is 1.38. The Bertz CT molecular complexity index is 1470. The second-order valence-corrected chi connectivity index (χ2v) is 8.92. The lowest BCUT2D eigenvalue weighted by Crippen LogP contribution is -2.43. The monoisotopic (exact) mass is 518 g/mol. The van der Waals surface area contributed by atoms with Gasteiger partial charge in [-0.25, -0.2) is 0 Å². The van der Waals surface area contributed by atoms with Crippen LogP contribution in [0.4, 0.5) is 13.2 Å². The summed E-state index contributed by atoms with van der Waals surface area (Å²) < 4.78 is 38.5. The number of nitrogens with zero attached hydrogens (tertiary/aromatic N) is 1. The number of H-pyrrole nitrogens is 1. The van der Waals surface area contributed by atoms with E-state index in [0.29, 0.717) is 35.0 Å². The van der Waals surface area contributed by atoms with Crippen LogP contribution in [-0.4, -0.2) is 35.4 Å². The number of fused-ring (bicyclic) bond motifs is 1.